The number of para-hydroxylation sites is 1. The van der Waals surface area contributed by atoms with Gasteiger partial charge in [-0.15, -0.1) is 0 Å². The van der Waals surface area contributed by atoms with Gasteiger partial charge in [0.25, 0.3) is 0 Å². The predicted octanol–water partition coefficient (Wildman–Crippen LogP) is 1.52. The van der Waals surface area contributed by atoms with Crippen molar-refractivity contribution in [3.63, 3.8) is 0 Å². The lowest BCUT2D eigenvalue weighted by molar-refractivity contribution is -0.153. The van der Waals surface area contributed by atoms with Crippen molar-refractivity contribution in [1.29, 1.82) is 0 Å². The van der Waals surface area contributed by atoms with E-state index in [1.54, 1.807) is 0 Å². The van der Waals surface area contributed by atoms with Gasteiger partial charge in [-0.3, -0.25) is 4.79 Å². The Morgan fingerprint density at radius 3 is 3.00 bits per heavy atom. The van der Waals surface area contributed by atoms with Gasteiger partial charge in [-0.05, 0) is 31.0 Å². The number of carbonyl (C=O) groups excluding carboxylic acids is 1. The molecule has 0 aliphatic carbocycles. The Bertz CT molecular complexity index is 416. The van der Waals surface area contributed by atoms with Crippen LogP contribution in [-0.4, -0.2) is 25.3 Å². The van der Waals surface area contributed by atoms with Gasteiger partial charge in [0.05, 0.1) is 5.92 Å². The van der Waals surface area contributed by atoms with Gasteiger partial charge < -0.3 is 15.4 Å². The molecule has 2 aliphatic rings. The van der Waals surface area contributed by atoms with E-state index in [1.807, 2.05) is 18.2 Å². The van der Waals surface area contributed by atoms with Gasteiger partial charge in [0, 0.05) is 18.7 Å². The van der Waals surface area contributed by atoms with Gasteiger partial charge in [0.2, 0.25) is 0 Å². The molecule has 96 valence electrons. The van der Waals surface area contributed by atoms with Crippen molar-refractivity contribution in [3.8, 4) is 0 Å². The summed E-state index contributed by atoms with van der Waals surface area (Å²) in [4.78, 5) is 12.0. The first-order valence-corrected chi connectivity index (χ1v) is 6.58. The number of esters is 1. The van der Waals surface area contributed by atoms with Crippen LogP contribution in [0.25, 0.3) is 0 Å². The molecule has 3 rings (SSSR count). The molecular formula is C14H18N2O2. The summed E-state index contributed by atoms with van der Waals surface area (Å²) in [5, 5.41) is 6.48. The minimum atomic E-state index is -0.197. The molecule has 0 saturated carbocycles. The largest absolute Gasteiger partial charge is 0.441 e. The van der Waals surface area contributed by atoms with Crippen LogP contribution >= 0.6 is 0 Å². The number of hydrogen-bond acceptors (Lipinski definition) is 4. The van der Waals surface area contributed by atoms with E-state index in [0.29, 0.717) is 0 Å². The van der Waals surface area contributed by atoms with Crippen molar-refractivity contribution in [2.24, 2.45) is 5.92 Å². The third kappa shape index (κ3) is 2.34. The van der Waals surface area contributed by atoms with Gasteiger partial charge in [-0.25, -0.2) is 0 Å². The number of hydrogen-bond donors (Lipinski definition) is 2. The summed E-state index contributed by atoms with van der Waals surface area (Å²) >= 11 is 0. The van der Waals surface area contributed by atoms with E-state index in [1.165, 1.54) is 5.56 Å². The lowest BCUT2D eigenvalue weighted by Gasteiger charge is -2.23. The third-order valence-electron chi connectivity index (χ3n) is 3.63. The van der Waals surface area contributed by atoms with E-state index in [9.17, 15) is 4.79 Å². The van der Waals surface area contributed by atoms with Crippen molar-refractivity contribution >= 4 is 11.7 Å². The highest BCUT2D eigenvalue weighted by Gasteiger charge is 2.28. The van der Waals surface area contributed by atoms with Gasteiger partial charge in [0.15, 0.2) is 6.23 Å². The van der Waals surface area contributed by atoms with E-state index >= 15 is 0 Å². The Hall–Kier alpha value is -1.55. The fraction of sp³-hybridized carbons (Fsp3) is 0.500. The van der Waals surface area contributed by atoms with Crippen LogP contribution in [0.2, 0.25) is 0 Å². The van der Waals surface area contributed by atoms with E-state index in [4.69, 9.17) is 4.74 Å². The Morgan fingerprint density at radius 2 is 2.22 bits per heavy atom. The third-order valence-corrected chi connectivity index (χ3v) is 3.63. The van der Waals surface area contributed by atoms with Gasteiger partial charge in [0.1, 0.15) is 0 Å². The SMILES string of the molecule is O=C(OC1Cc2ccccc2N1)C1CCCNC1. The molecule has 18 heavy (non-hydrogen) atoms. The summed E-state index contributed by atoms with van der Waals surface area (Å²) in [6.45, 7) is 1.76. The molecule has 4 heteroatoms. The molecule has 2 aliphatic heterocycles. The Balaban J connectivity index is 1.57. The number of ether oxygens (including phenoxy) is 1. The minimum Gasteiger partial charge on any atom is -0.441 e. The average Bonchev–Trinajstić information content (AvgIpc) is 2.82. The molecule has 0 amide bonds. The second-order valence-corrected chi connectivity index (χ2v) is 4.97. The van der Waals surface area contributed by atoms with E-state index < -0.39 is 0 Å². The fourth-order valence-corrected chi connectivity index (χ4v) is 2.62. The quantitative estimate of drug-likeness (QED) is 0.777. The zero-order valence-corrected chi connectivity index (χ0v) is 10.3. The molecule has 0 spiro atoms. The second-order valence-electron chi connectivity index (χ2n) is 4.97. The first-order chi connectivity index (χ1) is 8.83. The van der Waals surface area contributed by atoms with Crippen molar-refractivity contribution in [2.75, 3.05) is 18.4 Å². The lowest BCUT2D eigenvalue weighted by Crippen LogP contribution is -2.37. The van der Waals surface area contributed by atoms with Crippen LogP contribution in [-0.2, 0) is 16.0 Å². The Labute approximate surface area is 107 Å². The number of anilines is 1. The summed E-state index contributed by atoms with van der Waals surface area (Å²) in [6.07, 6.45) is 2.56. The van der Waals surface area contributed by atoms with Crippen LogP contribution < -0.4 is 10.6 Å². The molecule has 1 aromatic carbocycles. The zero-order chi connectivity index (χ0) is 12.4. The number of benzene rings is 1. The number of nitrogens with one attached hydrogen (secondary N) is 2. The van der Waals surface area contributed by atoms with Gasteiger partial charge >= 0.3 is 5.97 Å². The minimum absolute atomic E-state index is 0.0178. The molecule has 4 nitrogen and oxygen atoms in total. The highest BCUT2D eigenvalue weighted by molar-refractivity contribution is 5.73. The number of carbonyl (C=O) groups is 1. The summed E-state index contributed by atoms with van der Waals surface area (Å²) in [6, 6.07) is 8.08. The first-order valence-electron chi connectivity index (χ1n) is 6.58. The second kappa shape index (κ2) is 4.98. The van der Waals surface area contributed by atoms with Crippen LogP contribution in [0.1, 0.15) is 18.4 Å². The molecule has 1 aromatic rings. The zero-order valence-electron chi connectivity index (χ0n) is 10.3. The molecule has 0 aromatic heterocycles. The highest BCUT2D eigenvalue weighted by atomic mass is 16.6. The molecule has 0 bridgehead atoms. The standard InChI is InChI=1S/C14H18N2O2/c17-14(11-5-3-7-15-9-11)18-13-8-10-4-1-2-6-12(10)16-13/h1-2,4,6,11,13,15-16H,3,5,7-9H2. The van der Waals surface area contributed by atoms with Crippen molar-refractivity contribution in [1.82, 2.24) is 5.32 Å². The van der Waals surface area contributed by atoms with Crippen LogP contribution in [0.3, 0.4) is 0 Å². The molecule has 1 fully saturated rings. The Kier molecular flexibility index (Phi) is 3.19. The number of fused-ring (bicyclic) bond motifs is 1. The maximum Gasteiger partial charge on any atom is 0.312 e. The predicted molar refractivity (Wildman–Crippen MR) is 69.2 cm³/mol. The fourth-order valence-electron chi connectivity index (χ4n) is 2.62. The highest BCUT2D eigenvalue weighted by Crippen LogP contribution is 2.26. The van der Waals surface area contributed by atoms with Gasteiger partial charge in [-0.2, -0.15) is 0 Å². The molecule has 2 atom stereocenters. The summed E-state index contributed by atoms with van der Waals surface area (Å²) in [7, 11) is 0. The van der Waals surface area contributed by atoms with Crippen LogP contribution in [0.15, 0.2) is 24.3 Å². The summed E-state index contributed by atoms with van der Waals surface area (Å²) < 4.78 is 5.54. The van der Waals surface area contributed by atoms with E-state index in [0.717, 1.165) is 38.0 Å². The van der Waals surface area contributed by atoms with Crippen molar-refractivity contribution < 1.29 is 9.53 Å². The molecule has 0 radical (unpaired) electrons. The number of rotatable bonds is 2. The number of piperidine rings is 1. The van der Waals surface area contributed by atoms with Crippen molar-refractivity contribution in [2.45, 2.75) is 25.5 Å². The molecule has 2 unspecified atom stereocenters. The monoisotopic (exact) mass is 246 g/mol. The maximum atomic E-state index is 12.0. The van der Waals surface area contributed by atoms with Gasteiger partial charge in [-0.1, -0.05) is 18.2 Å². The summed E-state index contributed by atoms with van der Waals surface area (Å²) in [5.74, 6) is -0.0585. The normalized spacial score (nSPS) is 26.2. The topological polar surface area (TPSA) is 50.4 Å². The molecule has 1 saturated heterocycles. The van der Waals surface area contributed by atoms with E-state index in [2.05, 4.69) is 16.7 Å². The smallest absolute Gasteiger partial charge is 0.312 e. The molecule has 2 heterocycles. The van der Waals surface area contributed by atoms with Crippen molar-refractivity contribution in [3.05, 3.63) is 29.8 Å². The van der Waals surface area contributed by atoms with Crippen LogP contribution in [0.5, 0.6) is 0 Å². The Morgan fingerprint density at radius 1 is 1.33 bits per heavy atom. The maximum absolute atomic E-state index is 12.0. The lowest BCUT2D eigenvalue weighted by atomic mass is 10.00. The molecular weight excluding hydrogens is 228 g/mol. The van der Waals surface area contributed by atoms with E-state index in [-0.39, 0.29) is 18.1 Å². The first kappa shape index (κ1) is 11.5. The molecule has 2 N–H and O–H groups in total. The van der Waals surface area contributed by atoms with Crippen LogP contribution in [0, 0.1) is 5.92 Å². The average molecular weight is 246 g/mol. The van der Waals surface area contributed by atoms with Crippen LogP contribution in [0.4, 0.5) is 5.69 Å². The summed E-state index contributed by atoms with van der Waals surface area (Å²) in [5.41, 5.74) is 2.30.